The predicted octanol–water partition coefficient (Wildman–Crippen LogP) is 26.6. The van der Waals surface area contributed by atoms with Crippen LogP contribution in [-0.2, 0) is 121 Å². The minimum absolute atomic E-state index is 0. The van der Waals surface area contributed by atoms with E-state index >= 15 is 0 Å². The maximum Gasteiger partial charge on any atom is 0.0697 e. The molecule has 9 aromatic heterocycles. The molecule has 0 unspecified atom stereocenters. The van der Waals surface area contributed by atoms with Crippen LogP contribution in [0, 0.1) is 69.3 Å². The number of hydrogen-bond donors (Lipinski definition) is 0. The SMILES string of the molecule is Cc1ccc(-c2[c-]cccc2)nc1.Cc1cccnc1-c1[c-]cccc1.Cc1ccnc(-c2[c-]cccc2)c1.[Ir].[Ir].[Ir].[Ir].[Ir].[Ir].[c-]1c(-c2nccc3ccccc23)sc2ccccc12.[c-]1ccccc1-c1cc(-c2ccccc2)ccn1.[c-]1ccccc1-c1ccccn1.[c-]1ccccc1-c1ccccn1.[c-]1ccccc1-c1nc2ccccc2s1. The zero-order valence-electron chi connectivity index (χ0n) is 65.6. The Morgan fingerprint density at radius 1 is 0.264 bits per heavy atom. The zero-order valence-corrected chi connectivity index (χ0v) is 81.6. The topological polar surface area (TPSA) is 103 Å². The van der Waals surface area contributed by atoms with Crippen molar-refractivity contribution in [1.82, 2.24) is 39.9 Å². The van der Waals surface area contributed by atoms with Crippen LogP contribution in [0.15, 0.2) is 407 Å². The van der Waals surface area contributed by atoms with Crippen LogP contribution in [0.3, 0.4) is 0 Å². The molecule has 0 aliphatic heterocycles. The number of fused-ring (bicyclic) bond motifs is 3. The second-order valence-electron chi connectivity index (χ2n) is 25.7. The molecule has 0 aliphatic carbocycles. The van der Waals surface area contributed by atoms with Gasteiger partial charge in [-0.15, -0.1) is 275 Å². The summed E-state index contributed by atoms with van der Waals surface area (Å²) in [6.45, 7) is 6.16. The Balaban J connectivity index is 0.000000190. The van der Waals surface area contributed by atoms with Crippen LogP contribution < -0.4 is 0 Å². The van der Waals surface area contributed by atoms with Crippen molar-refractivity contribution in [3.63, 3.8) is 0 Å². The Bertz CT molecular complexity index is 5970. The van der Waals surface area contributed by atoms with E-state index in [1.54, 1.807) is 35.1 Å². The van der Waals surface area contributed by atoms with Gasteiger partial charge in [-0.3, -0.25) is 4.98 Å². The van der Waals surface area contributed by atoms with E-state index in [4.69, 9.17) is 0 Å². The monoisotopic (exact) mass is 2670 g/mol. The van der Waals surface area contributed by atoms with Gasteiger partial charge in [-0.2, -0.15) is 11.3 Å². The molecule has 0 bridgehead atoms. The van der Waals surface area contributed by atoms with Crippen molar-refractivity contribution in [3.8, 4) is 99.8 Å². The summed E-state index contributed by atoms with van der Waals surface area (Å²) in [6, 6.07) is 146. The quantitative estimate of drug-likeness (QED) is 0.132. The first-order valence-electron chi connectivity index (χ1n) is 37.3. The van der Waals surface area contributed by atoms with Gasteiger partial charge in [0.1, 0.15) is 0 Å². The minimum atomic E-state index is 0. The fourth-order valence-corrected chi connectivity index (χ4v) is 13.6. The molecule has 16 heteroatoms. The van der Waals surface area contributed by atoms with Gasteiger partial charge >= 0.3 is 0 Å². The smallest absolute Gasteiger partial charge is 0.0697 e. The molecule has 11 aromatic carbocycles. The molecule has 9 heterocycles. The van der Waals surface area contributed by atoms with Crippen molar-refractivity contribution in [1.29, 1.82) is 0 Å². The first-order valence-corrected chi connectivity index (χ1v) is 39.0. The minimum Gasteiger partial charge on any atom is -0.305 e. The molecule has 610 valence electrons. The third kappa shape index (κ3) is 30.0. The summed E-state index contributed by atoms with van der Waals surface area (Å²) in [4.78, 5) is 36.0. The summed E-state index contributed by atoms with van der Waals surface area (Å²) in [7, 11) is 0. The number of para-hydroxylation sites is 1. The number of thiazole rings is 1. The predicted molar refractivity (Wildman–Crippen MR) is 476 cm³/mol. The van der Waals surface area contributed by atoms with Crippen molar-refractivity contribution < 1.29 is 121 Å². The Kier molecular flexibility index (Phi) is 43.0. The van der Waals surface area contributed by atoms with E-state index in [0.717, 1.165) is 99.6 Å². The average Bonchev–Trinajstić information content (AvgIpc) is 1.61. The summed E-state index contributed by atoms with van der Waals surface area (Å²) >= 11 is 3.46. The molecule has 0 saturated carbocycles. The number of hydrogen-bond acceptors (Lipinski definition) is 10. The van der Waals surface area contributed by atoms with Crippen molar-refractivity contribution in [2.24, 2.45) is 0 Å². The van der Waals surface area contributed by atoms with E-state index in [1.165, 1.54) is 48.0 Å². The number of rotatable bonds is 9. The maximum atomic E-state index is 4.57. The molecule has 0 amide bonds. The fraction of sp³-hybridized carbons (Fsp3) is 0.0286. The van der Waals surface area contributed by atoms with Crippen LogP contribution in [0.2, 0.25) is 0 Å². The molecule has 121 heavy (non-hydrogen) atoms. The van der Waals surface area contributed by atoms with Gasteiger partial charge in [0.15, 0.2) is 0 Å². The summed E-state index contributed by atoms with van der Waals surface area (Å²) in [6.07, 6.45) is 12.8. The fourth-order valence-electron chi connectivity index (χ4n) is 11.7. The number of nitrogens with zero attached hydrogens (tertiary/aromatic N) is 8. The Hall–Kier alpha value is -10.5. The standard InChI is InChI=1S/C17H10NS.C17H12N.C13H8NS.3C12H10N.2C11H8N.6Ir/c1-3-7-14-12(5-1)9-10-18-17(14)16-11-13-6-2-4-8-15(13)19-16;1-3-7-14(8-4-1)16-11-12-18-17(13-16)15-9-5-2-6-10-15;1-2-6-10(7-3-1)13-14-11-8-4-5-9-12(11)15-13;1-10-6-5-9-13-12(10)11-7-3-2-4-8-11;1-10-7-8-13-12(9-10)11-5-3-2-4-6-11;1-10-7-8-12(13-9-10)11-5-3-2-4-6-11;2*1-2-6-10(7-3-1)11-8-4-5-9-12-11;;;;;;/h1-10H;1-9,11-13H;1-6,8-9H;2-7,9H,1H3;2*2-5,7-9H,1H3;2*1-6,8-9H;;;;;;/q8*-1;;;;;;. The largest absolute Gasteiger partial charge is 0.305 e. The summed E-state index contributed by atoms with van der Waals surface area (Å²) < 4.78 is 2.48. The van der Waals surface area contributed by atoms with E-state index in [-0.39, 0.29) is 121 Å². The van der Waals surface area contributed by atoms with Gasteiger partial charge in [0.05, 0.1) is 5.52 Å². The van der Waals surface area contributed by atoms with E-state index in [1.807, 2.05) is 317 Å². The summed E-state index contributed by atoms with van der Waals surface area (Å²) in [5.41, 5.74) is 21.3. The number of benzene rings is 11. The third-order valence-corrected chi connectivity index (χ3v) is 19.5. The zero-order chi connectivity index (χ0) is 78.7. The molecule has 0 fully saturated rings. The number of pyridine rings is 7. The van der Waals surface area contributed by atoms with Gasteiger partial charge in [-0.1, -0.05) is 145 Å². The van der Waals surface area contributed by atoms with Gasteiger partial charge in [0, 0.05) is 179 Å². The third-order valence-electron chi connectivity index (χ3n) is 17.4. The van der Waals surface area contributed by atoms with Crippen LogP contribution >= 0.6 is 22.7 Å². The van der Waals surface area contributed by atoms with Crippen LogP contribution in [0.1, 0.15) is 16.7 Å². The van der Waals surface area contributed by atoms with Gasteiger partial charge in [-0.05, 0) is 141 Å². The van der Waals surface area contributed by atoms with Crippen molar-refractivity contribution in [2.45, 2.75) is 20.8 Å². The van der Waals surface area contributed by atoms with Crippen LogP contribution in [-0.4, -0.2) is 39.9 Å². The van der Waals surface area contributed by atoms with Gasteiger partial charge in [0.2, 0.25) is 0 Å². The summed E-state index contributed by atoms with van der Waals surface area (Å²) in [5, 5.41) is 4.61. The van der Waals surface area contributed by atoms with Crippen LogP contribution in [0.4, 0.5) is 0 Å². The van der Waals surface area contributed by atoms with Gasteiger partial charge in [-0.25, -0.2) is 11.3 Å². The second-order valence-corrected chi connectivity index (χ2v) is 27.8. The first-order chi connectivity index (χ1) is 56.8. The molecule has 0 saturated heterocycles. The van der Waals surface area contributed by atoms with Crippen LogP contribution in [0.5, 0.6) is 0 Å². The van der Waals surface area contributed by atoms with Crippen molar-refractivity contribution in [3.05, 3.63) is 473 Å². The van der Waals surface area contributed by atoms with E-state index in [2.05, 4.69) is 187 Å². The van der Waals surface area contributed by atoms with Gasteiger partial charge in [0.25, 0.3) is 0 Å². The molecule has 20 rings (SSSR count). The number of thiophene rings is 1. The first kappa shape index (κ1) is 97.6. The molecule has 0 aliphatic rings. The van der Waals surface area contributed by atoms with E-state index < -0.39 is 0 Å². The van der Waals surface area contributed by atoms with Crippen LogP contribution in [0.25, 0.3) is 131 Å². The Labute approximate surface area is 798 Å². The average molecular weight is 2670 g/mol. The van der Waals surface area contributed by atoms with Gasteiger partial charge < -0.3 is 34.9 Å². The van der Waals surface area contributed by atoms with Crippen molar-refractivity contribution in [2.75, 3.05) is 0 Å². The van der Waals surface area contributed by atoms with E-state index in [0.29, 0.717) is 0 Å². The summed E-state index contributed by atoms with van der Waals surface area (Å²) in [5.74, 6) is 0. The van der Waals surface area contributed by atoms with E-state index in [9.17, 15) is 0 Å². The second kappa shape index (κ2) is 53.3. The molecule has 8 nitrogen and oxygen atoms in total. The molecule has 20 aromatic rings. The Morgan fingerprint density at radius 2 is 0.702 bits per heavy atom. The number of aromatic nitrogens is 8. The maximum absolute atomic E-state index is 4.57. The number of aryl methyl sites for hydroxylation is 3. The molecule has 6 radical (unpaired) electrons. The molecule has 0 atom stereocenters. The molecular formula is C105H76Ir6N8S2-8. The molecular weight excluding hydrogens is 2590 g/mol. The van der Waals surface area contributed by atoms with Crippen molar-refractivity contribution >= 4 is 53.7 Å². The Morgan fingerprint density at radius 3 is 1.21 bits per heavy atom. The molecule has 0 N–H and O–H groups in total. The normalized spacial score (nSPS) is 9.71. The molecule has 0 spiro atoms.